The highest BCUT2D eigenvalue weighted by Crippen LogP contribution is 2.14. The van der Waals surface area contributed by atoms with E-state index in [1.807, 2.05) is 12.5 Å². The summed E-state index contributed by atoms with van der Waals surface area (Å²) in [6, 6.07) is 0. The summed E-state index contributed by atoms with van der Waals surface area (Å²) in [6.45, 7) is 7.88. The van der Waals surface area contributed by atoms with E-state index in [4.69, 9.17) is 0 Å². The van der Waals surface area contributed by atoms with Crippen molar-refractivity contribution < 1.29 is 0 Å². The highest BCUT2D eigenvalue weighted by Gasteiger charge is 2.05. The van der Waals surface area contributed by atoms with Gasteiger partial charge in [0.25, 0.3) is 0 Å². The number of hydrogen-bond acceptors (Lipinski definition) is 1. The van der Waals surface area contributed by atoms with Crippen molar-refractivity contribution in [3.05, 3.63) is 17.1 Å². The maximum absolute atomic E-state index is 4.13. The molecule has 0 saturated heterocycles. The maximum Gasteiger partial charge on any atom is 0.124 e. The molecule has 1 heterocycles. The van der Waals surface area contributed by atoms with E-state index in [2.05, 4.69) is 46.3 Å². The van der Waals surface area contributed by atoms with Crippen LogP contribution in [0.25, 0.3) is 0 Å². The van der Waals surface area contributed by atoms with Crippen LogP contribution in [0.15, 0.2) is 17.1 Å². The molecule has 74 valence electrons. The molecule has 1 aromatic rings. The van der Waals surface area contributed by atoms with Crippen LogP contribution in [0.4, 0.5) is 0 Å². The highest BCUT2D eigenvalue weighted by atomic mass is 79.9. The van der Waals surface area contributed by atoms with E-state index < -0.39 is 0 Å². The van der Waals surface area contributed by atoms with Crippen LogP contribution in [-0.4, -0.2) is 9.55 Å². The molecule has 1 unspecified atom stereocenters. The summed E-state index contributed by atoms with van der Waals surface area (Å²) in [5.74, 6) is 1.50. The van der Waals surface area contributed by atoms with Crippen LogP contribution in [0.2, 0.25) is 0 Å². The van der Waals surface area contributed by atoms with Crippen molar-refractivity contribution in [2.24, 2.45) is 11.8 Å². The molecule has 13 heavy (non-hydrogen) atoms. The zero-order valence-electron chi connectivity index (χ0n) is 8.50. The minimum absolute atomic E-state index is 0.723. The molecule has 0 aliphatic carbocycles. The Balaban J connectivity index is 2.40. The summed E-state index contributed by atoms with van der Waals surface area (Å²) < 4.78 is 3.06. The Kier molecular flexibility index (Phi) is 3.97. The molecule has 1 atom stereocenters. The topological polar surface area (TPSA) is 17.8 Å². The third kappa shape index (κ3) is 3.94. The molecule has 0 bridgehead atoms. The number of hydrogen-bond donors (Lipinski definition) is 0. The van der Waals surface area contributed by atoms with Gasteiger partial charge in [-0.3, -0.25) is 0 Å². The van der Waals surface area contributed by atoms with Crippen molar-refractivity contribution in [1.29, 1.82) is 0 Å². The minimum atomic E-state index is 0.723. The average molecular weight is 245 g/mol. The molecule has 0 saturated carbocycles. The monoisotopic (exact) mass is 244 g/mol. The van der Waals surface area contributed by atoms with Crippen molar-refractivity contribution in [2.45, 2.75) is 33.7 Å². The van der Waals surface area contributed by atoms with Gasteiger partial charge in [0.2, 0.25) is 0 Å². The predicted molar refractivity (Wildman–Crippen MR) is 58.5 cm³/mol. The SMILES string of the molecule is CC(C)CC(C)Cn1cnc(Br)c1. The molecular weight excluding hydrogens is 228 g/mol. The molecule has 0 radical (unpaired) electrons. The summed E-state index contributed by atoms with van der Waals surface area (Å²) in [4.78, 5) is 4.13. The molecule has 2 nitrogen and oxygen atoms in total. The van der Waals surface area contributed by atoms with E-state index in [1.54, 1.807) is 0 Å². The van der Waals surface area contributed by atoms with Gasteiger partial charge in [0.15, 0.2) is 0 Å². The van der Waals surface area contributed by atoms with Crippen LogP contribution in [0.5, 0.6) is 0 Å². The van der Waals surface area contributed by atoms with Crippen LogP contribution in [0, 0.1) is 11.8 Å². The Morgan fingerprint density at radius 3 is 2.62 bits per heavy atom. The molecule has 1 rings (SSSR count). The number of halogens is 1. The fourth-order valence-corrected chi connectivity index (χ4v) is 2.03. The maximum atomic E-state index is 4.13. The summed E-state index contributed by atoms with van der Waals surface area (Å²) in [5.41, 5.74) is 0. The number of rotatable bonds is 4. The van der Waals surface area contributed by atoms with Gasteiger partial charge in [-0.1, -0.05) is 20.8 Å². The zero-order valence-corrected chi connectivity index (χ0v) is 10.1. The third-order valence-corrected chi connectivity index (χ3v) is 2.41. The average Bonchev–Trinajstić information content (AvgIpc) is 2.33. The van der Waals surface area contributed by atoms with E-state index in [9.17, 15) is 0 Å². The zero-order chi connectivity index (χ0) is 9.84. The van der Waals surface area contributed by atoms with Gasteiger partial charge in [-0.15, -0.1) is 0 Å². The van der Waals surface area contributed by atoms with Gasteiger partial charge in [-0.25, -0.2) is 4.98 Å². The van der Waals surface area contributed by atoms with Gasteiger partial charge in [0.05, 0.1) is 6.33 Å². The van der Waals surface area contributed by atoms with Crippen molar-refractivity contribution in [1.82, 2.24) is 9.55 Å². The molecular formula is C10H17BrN2. The first kappa shape index (κ1) is 10.8. The van der Waals surface area contributed by atoms with E-state index in [1.165, 1.54) is 6.42 Å². The molecule has 0 spiro atoms. The van der Waals surface area contributed by atoms with Gasteiger partial charge < -0.3 is 4.57 Å². The normalized spacial score (nSPS) is 13.6. The first-order valence-electron chi connectivity index (χ1n) is 4.75. The molecule has 0 aliphatic heterocycles. The fourth-order valence-electron chi connectivity index (χ4n) is 1.67. The summed E-state index contributed by atoms with van der Waals surface area (Å²) in [7, 11) is 0. The first-order chi connectivity index (χ1) is 6.08. The lowest BCUT2D eigenvalue weighted by Gasteiger charge is -2.13. The van der Waals surface area contributed by atoms with Gasteiger partial charge in [0, 0.05) is 12.7 Å². The Morgan fingerprint density at radius 2 is 2.15 bits per heavy atom. The summed E-state index contributed by atoms with van der Waals surface area (Å²) in [6.07, 6.45) is 5.17. The van der Waals surface area contributed by atoms with Crippen LogP contribution >= 0.6 is 15.9 Å². The van der Waals surface area contributed by atoms with Crippen molar-refractivity contribution >= 4 is 15.9 Å². The molecule has 1 aromatic heterocycles. The van der Waals surface area contributed by atoms with Gasteiger partial charge >= 0.3 is 0 Å². The lowest BCUT2D eigenvalue weighted by molar-refractivity contribution is 0.389. The molecule has 0 N–H and O–H groups in total. The summed E-state index contributed by atoms with van der Waals surface area (Å²) >= 11 is 3.34. The Bertz CT molecular complexity index is 255. The van der Waals surface area contributed by atoms with E-state index in [-0.39, 0.29) is 0 Å². The molecule has 0 aromatic carbocycles. The van der Waals surface area contributed by atoms with Gasteiger partial charge in [-0.05, 0) is 34.2 Å². The summed E-state index contributed by atoms with van der Waals surface area (Å²) in [5, 5.41) is 0. The second-order valence-corrected chi connectivity index (χ2v) is 4.94. The second-order valence-electron chi connectivity index (χ2n) is 4.13. The largest absolute Gasteiger partial charge is 0.336 e. The van der Waals surface area contributed by atoms with Gasteiger partial charge in [0.1, 0.15) is 4.60 Å². The molecule has 0 fully saturated rings. The van der Waals surface area contributed by atoms with Crippen LogP contribution in [-0.2, 0) is 6.54 Å². The first-order valence-corrected chi connectivity index (χ1v) is 5.54. The van der Waals surface area contributed by atoms with E-state index in [0.29, 0.717) is 0 Å². The molecule has 3 heteroatoms. The van der Waals surface area contributed by atoms with Crippen molar-refractivity contribution in [3.8, 4) is 0 Å². The van der Waals surface area contributed by atoms with E-state index in [0.717, 1.165) is 23.0 Å². The smallest absolute Gasteiger partial charge is 0.124 e. The van der Waals surface area contributed by atoms with Gasteiger partial charge in [-0.2, -0.15) is 0 Å². The Labute approximate surface area is 88.5 Å². The highest BCUT2D eigenvalue weighted by molar-refractivity contribution is 9.10. The molecule has 0 amide bonds. The van der Waals surface area contributed by atoms with Crippen molar-refractivity contribution in [3.63, 3.8) is 0 Å². The van der Waals surface area contributed by atoms with Crippen LogP contribution in [0.1, 0.15) is 27.2 Å². The lowest BCUT2D eigenvalue weighted by atomic mass is 9.99. The fraction of sp³-hybridized carbons (Fsp3) is 0.700. The quantitative estimate of drug-likeness (QED) is 0.795. The number of imidazole rings is 1. The van der Waals surface area contributed by atoms with E-state index >= 15 is 0 Å². The third-order valence-electron chi connectivity index (χ3n) is 2.00. The van der Waals surface area contributed by atoms with Crippen LogP contribution < -0.4 is 0 Å². The Hall–Kier alpha value is -0.310. The Morgan fingerprint density at radius 1 is 1.46 bits per heavy atom. The standard InChI is InChI=1S/C10H17BrN2/c1-8(2)4-9(3)5-13-6-10(11)12-7-13/h6-9H,4-5H2,1-3H3. The second kappa shape index (κ2) is 4.80. The molecule has 0 aliphatic rings. The number of nitrogens with zero attached hydrogens (tertiary/aromatic N) is 2. The van der Waals surface area contributed by atoms with Crippen LogP contribution in [0.3, 0.4) is 0 Å². The number of aromatic nitrogens is 2. The van der Waals surface area contributed by atoms with Crippen molar-refractivity contribution in [2.75, 3.05) is 0 Å². The lowest BCUT2D eigenvalue weighted by Crippen LogP contribution is -2.08. The predicted octanol–water partition coefficient (Wildman–Crippen LogP) is 3.33. The minimum Gasteiger partial charge on any atom is -0.336 e.